The van der Waals surface area contributed by atoms with Crippen molar-refractivity contribution >= 4 is 45.5 Å². The highest BCUT2D eigenvalue weighted by Gasteiger charge is 2.30. The number of aliphatic imine (C=N–C) groups is 1. The highest BCUT2D eigenvalue weighted by molar-refractivity contribution is 7.16. The van der Waals surface area contributed by atoms with Crippen LogP contribution in [0.5, 0.6) is 0 Å². The first-order chi connectivity index (χ1) is 14.2. The second-order valence-electron chi connectivity index (χ2n) is 7.44. The van der Waals surface area contributed by atoms with E-state index in [1.54, 1.807) is 23.3 Å². The van der Waals surface area contributed by atoms with Crippen molar-refractivity contribution in [3.05, 3.63) is 38.5 Å². The summed E-state index contributed by atoms with van der Waals surface area (Å²) < 4.78 is 5.26. The molecule has 154 valence electrons. The number of ether oxygens (including phenoxy) is 1. The number of aromatic nitrogens is 1. The number of fused-ring (bicyclic) bond motifs is 2. The largest absolute Gasteiger partial charge is 0.383 e. The van der Waals surface area contributed by atoms with E-state index in [4.69, 9.17) is 9.72 Å². The Morgan fingerprint density at radius 1 is 1.38 bits per heavy atom. The Hall–Kier alpha value is -1.83. The Kier molecular flexibility index (Phi) is 6.57. The van der Waals surface area contributed by atoms with Crippen molar-refractivity contribution < 1.29 is 9.53 Å². The number of nitrogens with zero attached hydrogens (tertiary/aromatic N) is 3. The van der Waals surface area contributed by atoms with Gasteiger partial charge < -0.3 is 4.74 Å². The summed E-state index contributed by atoms with van der Waals surface area (Å²) in [5.41, 5.74) is 3.77. The third-order valence-electron chi connectivity index (χ3n) is 5.59. The minimum atomic E-state index is -0.00394. The van der Waals surface area contributed by atoms with E-state index >= 15 is 0 Å². The SMILES string of the molecule is CCCC1CCN=CC2=C1CCc1sc(N(CCOC)C(=O)c3cccs3)nc12. The van der Waals surface area contributed by atoms with E-state index in [0.29, 0.717) is 19.1 Å². The van der Waals surface area contributed by atoms with Gasteiger partial charge in [0.2, 0.25) is 0 Å². The molecule has 0 saturated carbocycles. The first kappa shape index (κ1) is 20.4. The van der Waals surface area contributed by atoms with E-state index in [0.717, 1.165) is 41.5 Å². The Bertz CT molecular complexity index is 915. The fraction of sp³-hybridized carbons (Fsp3) is 0.500. The van der Waals surface area contributed by atoms with Gasteiger partial charge in [-0.1, -0.05) is 25.0 Å². The Balaban J connectivity index is 1.70. The van der Waals surface area contributed by atoms with Crippen LogP contribution < -0.4 is 4.90 Å². The molecule has 3 heterocycles. The number of anilines is 1. The lowest BCUT2D eigenvalue weighted by Gasteiger charge is -2.23. The summed E-state index contributed by atoms with van der Waals surface area (Å²) in [5.74, 6) is 0.601. The van der Waals surface area contributed by atoms with Gasteiger partial charge in [-0.25, -0.2) is 4.98 Å². The van der Waals surface area contributed by atoms with Crippen LogP contribution in [0.1, 0.15) is 52.8 Å². The minimum absolute atomic E-state index is 0.00394. The number of hydrogen-bond donors (Lipinski definition) is 0. The summed E-state index contributed by atoms with van der Waals surface area (Å²) in [7, 11) is 1.66. The van der Waals surface area contributed by atoms with Crippen molar-refractivity contribution in [1.82, 2.24) is 4.98 Å². The highest BCUT2D eigenvalue weighted by atomic mass is 32.1. The van der Waals surface area contributed by atoms with Crippen LogP contribution in [-0.2, 0) is 11.2 Å². The Morgan fingerprint density at radius 3 is 3.03 bits per heavy atom. The van der Waals surface area contributed by atoms with E-state index < -0.39 is 0 Å². The van der Waals surface area contributed by atoms with Crippen molar-refractivity contribution in [3.63, 3.8) is 0 Å². The van der Waals surface area contributed by atoms with Crippen LogP contribution in [0.15, 0.2) is 28.1 Å². The maximum atomic E-state index is 13.1. The maximum Gasteiger partial charge on any atom is 0.270 e. The summed E-state index contributed by atoms with van der Waals surface area (Å²) in [5, 5.41) is 2.70. The van der Waals surface area contributed by atoms with E-state index in [1.807, 2.05) is 23.7 Å². The minimum Gasteiger partial charge on any atom is -0.383 e. The molecule has 0 N–H and O–H groups in total. The molecule has 1 aliphatic heterocycles. The fourth-order valence-electron chi connectivity index (χ4n) is 4.17. The van der Waals surface area contributed by atoms with Gasteiger partial charge in [0.05, 0.1) is 23.7 Å². The van der Waals surface area contributed by atoms with Crippen molar-refractivity contribution in [2.75, 3.05) is 31.7 Å². The van der Waals surface area contributed by atoms with Crippen molar-refractivity contribution in [3.8, 4) is 0 Å². The summed E-state index contributed by atoms with van der Waals surface area (Å²) in [6.45, 7) is 4.12. The van der Waals surface area contributed by atoms with E-state index in [2.05, 4.69) is 11.9 Å². The third kappa shape index (κ3) is 4.22. The second kappa shape index (κ2) is 9.32. The van der Waals surface area contributed by atoms with Gasteiger partial charge in [-0.15, -0.1) is 22.7 Å². The zero-order valence-corrected chi connectivity index (χ0v) is 18.7. The molecule has 0 bridgehead atoms. The second-order valence-corrected chi connectivity index (χ2v) is 9.45. The maximum absolute atomic E-state index is 13.1. The lowest BCUT2D eigenvalue weighted by atomic mass is 9.82. The number of amides is 1. The van der Waals surface area contributed by atoms with Crippen molar-refractivity contribution in [2.24, 2.45) is 10.9 Å². The molecule has 5 nitrogen and oxygen atoms in total. The Labute approximate surface area is 180 Å². The number of methoxy groups -OCH3 is 1. The first-order valence-electron chi connectivity index (χ1n) is 10.3. The molecule has 4 rings (SSSR count). The zero-order chi connectivity index (χ0) is 20.2. The topological polar surface area (TPSA) is 54.8 Å². The van der Waals surface area contributed by atoms with E-state index in [1.165, 1.54) is 40.2 Å². The van der Waals surface area contributed by atoms with Crippen LogP contribution in [0, 0.1) is 5.92 Å². The van der Waals surface area contributed by atoms with Crippen LogP contribution >= 0.6 is 22.7 Å². The lowest BCUT2D eigenvalue weighted by molar-refractivity contribution is 0.0980. The van der Waals surface area contributed by atoms with Gasteiger partial charge in [0.25, 0.3) is 5.91 Å². The van der Waals surface area contributed by atoms with Crippen molar-refractivity contribution in [2.45, 2.75) is 39.0 Å². The summed E-state index contributed by atoms with van der Waals surface area (Å²) in [6, 6.07) is 3.78. The fourth-order valence-corrected chi connectivity index (χ4v) is 5.94. The average molecular weight is 430 g/mol. The standard InChI is InChI=1S/C22H27N3O2S2/c1-3-5-15-9-10-23-14-17-16(15)7-8-18-20(17)24-22(29-18)25(11-12-27-2)21(26)19-6-4-13-28-19/h4,6,13-15H,3,5,7-12H2,1-2H3. The Morgan fingerprint density at radius 2 is 2.28 bits per heavy atom. The van der Waals surface area contributed by atoms with Gasteiger partial charge in [0, 0.05) is 30.3 Å². The molecule has 0 spiro atoms. The van der Waals surface area contributed by atoms with Gasteiger partial charge in [-0.2, -0.15) is 0 Å². The molecule has 1 atom stereocenters. The molecule has 0 fully saturated rings. The quantitative estimate of drug-likeness (QED) is 0.616. The van der Waals surface area contributed by atoms with Gasteiger partial charge in [0.15, 0.2) is 5.13 Å². The van der Waals surface area contributed by atoms with Crippen LogP contribution in [-0.4, -0.2) is 43.9 Å². The van der Waals surface area contributed by atoms with Crippen LogP contribution in [0.25, 0.3) is 5.57 Å². The number of carbonyl (C=O) groups is 1. The predicted molar refractivity (Wildman–Crippen MR) is 122 cm³/mol. The molecule has 2 aromatic rings. The molecule has 1 aliphatic carbocycles. The number of carbonyl (C=O) groups excluding carboxylic acids is 1. The summed E-state index contributed by atoms with van der Waals surface area (Å²) in [6.07, 6.45) is 7.66. The van der Waals surface area contributed by atoms with Crippen LogP contribution in [0.4, 0.5) is 5.13 Å². The molecule has 1 amide bonds. The molecular formula is C22H27N3O2S2. The van der Waals surface area contributed by atoms with E-state index in [-0.39, 0.29) is 5.91 Å². The number of hydrogen-bond acceptors (Lipinski definition) is 6. The number of thiophene rings is 1. The molecule has 2 aliphatic rings. The monoisotopic (exact) mass is 429 g/mol. The zero-order valence-electron chi connectivity index (χ0n) is 17.0. The number of thiazole rings is 1. The van der Waals surface area contributed by atoms with Crippen molar-refractivity contribution in [1.29, 1.82) is 0 Å². The first-order valence-corrected chi connectivity index (χ1v) is 12.0. The third-order valence-corrected chi connectivity index (χ3v) is 7.59. The van der Waals surface area contributed by atoms with Gasteiger partial charge in [-0.3, -0.25) is 14.7 Å². The highest BCUT2D eigenvalue weighted by Crippen LogP contribution is 2.42. The molecule has 29 heavy (non-hydrogen) atoms. The lowest BCUT2D eigenvalue weighted by Crippen LogP contribution is -2.33. The smallest absolute Gasteiger partial charge is 0.270 e. The summed E-state index contributed by atoms with van der Waals surface area (Å²) in [4.78, 5) is 26.5. The molecule has 1 unspecified atom stereocenters. The molecule has 2 aromatic heterocycles. The molecule has 0 saturated heterocycles. The summed E-state index contributed by atoms with van der Waals surface area (Å²) >= 11 is 3.11. The number of allylic oxidation sites excluding steroid dienone is 2. The van der Waals surface area contributed by atoms with Crippen LogP contribution in [0.3, 0.4) is 0 Å². The molecule has 0 aromatic carbocycles. The normalized spacial score (nSPS) is 18.3. The molecule has 7 heteroatoms. The average Bonchev–Trinajstić information content (AvgIpc) is 3.36. The van der Waals surface area contributed by atoms with Crippen LogP contribution in [0.2, 0.25) is 0 Å². The van der Waals surface area contributed by atoms with Gasteiger partial charge in [0.1, 0.15) is 0 Å². The number of rotatable bonds is 7. The van der Waals surface area contributed by atoms with E-state index in [9.17, 15) is 4.79 Å². The van der Waals surface area contributed by atoms with Gasteiger partial charge >= 0.3 is 0 Å². The molecular weight excluding hydrogens is 402 g/mol. The van der Waals surface area contributed by atoms with Gasteiger partial charge in [-0.05, 0) is 43.0 Å². The molecule has 0 radical (unpaired) electrons. The number of aryl methyl sites for hydroxylation is 1. The predicted octanol–water partition coefficient (Wildman–Crippen LogP) is 5.09.